The summed E-state index contributed by atoms with van der Waals surface area (Å²) in [6.07, 6.45) is 0. The molecule has 0 N–H and O–H groups in total. The van der Waals surface area contributed by atoms with Crippen molar-refractivity contribution >= 4 is 75.7 Å². The van der Waals surface area contributed by atoms with E-state index in [0.717, 1.165) is 29.0 Å². The molecule has 200 valence electrons. The van der Waals surface area contributed by atoms with Gasteiger partial charge in [-0.2, -0.15) is 0 Å². The number of benzene rings is 2. The van der Waals surface area contributed by atoms with Crippen molar-refractivity contribution in [1.82, 2.24) is 0 Å². The minimum Gasteiger partial charge on any atom is -0.488 e. The molecule has 0 aliphatic carbocycles. The third-order valence-corrected chi connectivity index (χ3v) is 7.62. The van der Waals surface area contributed by atoms with Crippen LogP contribution in [0.15, 0.2) is 66.5 Å². The summed E-state index contributed by atoms with van der Waals surface area (Å²) in [4.78, 5) is 23.1. The molecule has 0 atom stereocenters. The number of rotatable bonds is 12. The smallest absolute Gasteiger partial charge is 0.333 e. The van der Waals surface area contributed by atoms with Crippen molar-refractivity contribution in [1.29, 1.82) is 0 Å². The Morgan fingerprint density at radius 1 is 0.676 bits per heavy atom. The van der Waals surface area contributed by atoms with E-state index in [1.54, 1.807) is 13.8 Å². The molecular weight excluding hydrogens is 740 g/mol. The lowest BCUT2D eigenvalue weighted by Crippen LogP contribution is -2.20. The fraction of sp³-hybridized carbons (Fsp3) is 0.333. The molecule has 0 saturated heterocycles. The van der Waals surface area contributed by atoms with Crippen LogP contribution in [0.25, 0.3) is 0 Å². The third-order valence-electron chi connectivity index (χ3n) is 5.26. The summed E-state index contributed by atoms with van der Waals surface area (Å²) >= 11 is 14.4. The van der Waals surface area contributed by atoms with E-state index in [1.807, 2.05) is 24.3 Å². The molecule has 6 nitrogen and oxygen atoms in total. The van der Waals surface area contributed by atoms with Gasteiger partial charge in [-0.25, -0.2) is 9.59 Å². The Labute approximate surface area is 251 Å². The van der Waals surface area contributed by atoms with Gasteiger partial charge in [0, 0.05) is 16.6 Å². The zero-order valence-electron chi connectivity index (χ0n) is 21.0. The van der Waals surface area contributed by atoms with Crippen LogP contribution in [0.5, 0.6) is 11.5 Å². The summed E-state index contributed by atoms with van der Waals surface area (Å²) in [5, 5.41) is 0. The van der Waals surface area contributed by atoms with Gasteiger partial charge in [0.15, 0.2) is 0 Å². The van der Waals surface area contributed by atoms with Crippen LogP contribution in [0, 0.1) is 0 Å². The molecule has 0 heterocycles. The molecule has 2 aromatic rings. The maximum absolute atomic E-state index is 11.5. The van der Waals surface area contributed by atoms with Gasteiger partial charge in [-0.05, 0) is 113 Å². The second kappa shape index (κ2) is 14.0. The van der Waals surface area contributed by atoms with Crippen LogP contribution in [0.1, 0.15) is 38.8 Å². The van der Waals surface area contributed by atoms with E-state index in [1.165, 1.54) is 0 Å². The molecule has 2 aromatic carbocycles. The number of halogens is 4. The summed E-state index contributed by atoms with van der Waals surface area (Å²) in [5.74, 6) is 0.339. The first-order valence-electron chi connectivity index (χ1n) is 11.2. The highest BCUT2D eigenvalue weighted by Crippen LogP contribution is 2.44. The summed E-state index contributed by atoms with van der Waals surface area (Å²) in [7, 11) is 0. The van der Waals surface area contributed by atoms with E-state index < -0.39 is 11.9 Å². The zero-order chi connectivity index (χ0) is 27.9. The lowest BCUT2D eigenvalue weighted by molar-refractivity contribution is -0.140. The van der Waals surface area contributed by atoms with Gasteiger partial charge >= 0.3 is 11.9 Å². The molecule has 0 unspecified atom stereocenters. The standard InChI is InChI=1S/C27H28Br4O6/c1-15(2)25(32)36-9-7-34-23-19(28)11-17(12-20(23)29)27(5,6)18-13-21(30)24(22(31)14-18)35-8-10-37-26(33)16(3)4/h11-14H,1,3,7-10H2,2,4-6H3. The van der Waals surface area contributed by atoms with E-state index in [2.05, 4.69) is 90.7 Å². The molecule has 0 amide bonds. The average molecular weight is 768 g/mol. The van der Waals surface area contributed by atoms with Crippen molar-refractivity contribution in [2.45, 2.75) is 33.1 Å². The van der Waals surface area contributed by atoms with E-state index in [-0.39, 0.29) is 31.8 Å². The number of hydrogen-bond acceptors (Lipinski definition) is 6. The Balaban J connectivity index is 2.15. The van der Waals surface area contributed by atoms with Crippen molar-refractivity contribution in [3.8, 4) is 11.5 Å². The van der Waals surface area contributed by atoms with Crippen LogP contribution in [0.3, 0.4) is 0 Å². The number of hydrogen-bond donors (Lipinski definition) is 0. The highest BCUT2D eigenvalue weighted by Gasteiger charge is 2.27. The van der Waals surface area contributed by atoms with Crippen LogP contribution in [-0.4, -0.2) is 38.4 Å². The zero-order valence-corrected chi connectivity index (χ0v) is 27.4. The lowest BCUT2D eigenvalue weighted by atomic mass is 9.78. The second-order valence-electron chi connectivity index (χ2n) is 8.69. The van der Waals surface area contributed by atoms with E-state index >= 15 is 0 Å². The van der Waals surface area contributed by atoms with Crippen LogP contribution in [0.4, 0.5) is 0 Å². The Morgan fingerprint density at radius 3 is 1.24 bits per heavy atom. The Kier molecular flexibility index (Phi) is 11.9. The minimum absolute atomic E-state index is 0.116. The summed E-state index contributed by atoms with van der Waals surface area (Å²) in [6, 6.07) is 8.01. The normalized spacial score (nSPS) is 11.0. The van der Waals surface area contributed by atoms with Crippen LogP contribution in [-0.2, 0) is 24.5 Å². The molecule has 2 rings (SSSR count). The maximum Gasteiger partial charge on any atom is 0.333 e. The molecule has 37 heavy (non-hydrogen) atoms. The van der Waals surface area contributed by atoms with Gasteiger partial charge in [-0.15, -0.1) is 0 Å². The average Bonchev–Trinajstić information content (AvgIpc) is 2.81. The molecular formula is C27H28Br4O6. The van der Waals surface area contributed by atoms with Gasteiger partial charge in [-0.3, -0.25) is 0 Å². The van der Waals surface area contributed by atoms with Gasteiger partial charge in [0.25, 0.3) is 0 Å². The summed E-state index contributed by atoms with van der Waals surface area (Å²) < 4.78 is 24.9. The third kappa shape index (κ3) is 8.70. The number of carbonyl (C=O) groups excluding carboxylic acids is 2. The number of esters is 2. The molecule has 0 bridgehead atoms. The minimum atomic E-state index is -0.446. The first kappa shape index (κ1) is 31.6. The molecule has 0 radical (unpaired) electrons. The fourth-order valence-electron chi connectivity index (χ4n) is 3.09. The molecule has 10 heteroatoms. The summed E-state index contributed by atoms with van der Waals surface area (Å²) in [6.45, 7) is 15.2. The maximum atomic E-state index is 11.5. The predicted molar refractivity (Wildman–Crippen MR) is 158 cm³/mol. The number of carbonyl (C=O) groups is 2. The van der Waals surface area contributed by atoms with Gasteiger partial charge in [-0.1, -0.05) is 27.0 Å². The topological polar surface area (TPSA) is 71.1 Å². The first-order chi connectivity index (χ1) is 17.2. The SMILES string of the molecule is C=C(C)C(=O)OCCOc1c(Br)cc(C(C)(C)c2cc(Br)c(OCCOC(=O)C(=C)C)c(Br)c2)cc1Br. The Bertz CT molecular complexity index is 1070. The molecule has 0 fully saturated rings. The second-order valence-corrected chi connectivity index (χ2v) is 12.1. The van der Waals surface area contributed by atoms with Gasteiger partial charge in [0.2, 0.25) is 0 Å². The van der Waals surface area contributed by atoms with E-state index in [0.29, 0.717) is 22.6 Å². The first-order valence-corrected chi connectivity index (χ1v) is 14.3. The quantitative estimate of drug-likeness (QED) is 0.124. The highest BCUT2D eigenvalue weighted by molar-refractivity contribution is 9.11. The fourth-order valence-corrected chi connectivity index (χ4v) is 5.92. The lowest BCUT2D eigenvalue weighted by Gasteiger charge is -2.28. The van der Waals surface area contributed by atoms with Crippen LogP contribution in [0.2, 0.25) is 0 Å². The van der Waals surface area contributed by atoms with Gasteiger partial charge in [0.05, 0.1) is 17.9 Å². The molecule has 0 spiro atoms. The molecule has 0 aliphatic heterocycles. The Morgan fingerprint density at radius 2 is 0.973 bits per heavy atom. The van der Waals surface area contributed by atoms with Crippen LogP contribution < -0.4 is 9.47 Å². The summed E-state index contributed by atoms with van der Waals surface area (Å²) in [5.41, 5.74) is 2.37. The van der Waals surface area contributed by atoms with E-state index in [4.69, 9.17) is 18.9 Å². The van der Waals surface area contributed by atoms with Gasteiger partial charge in [0.1, 0.15) is 37.9 Å². The van der Waals surface area contributed by atoms with Crippen molar-refractivity contribution in [3.63, 3.8) is 0 Å². The number of ether oxygens (including phenoxy) is 4. The van der Waals surface area contributed by atoms with Crippen molar-refractivity contribution in [2.75, 3.05) is 26.4 Å². The van der Waals surface area contributed by atoms with Gasteiger partial charge < -0.3 is 18.9 Å². The molecule has 0 aliphatic rings. The van der Waals surface area contributed by atoms with Crippen LogP contribution >= 0.6 is 63.7 Å². The molecule has 0 saturated carbocycles. The van der Waals surface area contributed by atoms with Crippen molar-refractivity contribution < 1.29 is 28.5 Å². The Hall–Kier alpha value is -1.62. The molecule has 0 aromatic heterocycles. The van der Waals surface area contributed by atoms with Crippen molar-refractivity contribution in [2.24, 2.45) is 0 Å². The highest BCUT2D eigenvalue weighted by atomic mass is 79.9. The van der Waals surface area contributed by atoms with E-state index in [9.17, 15) is 9.59 Å². The predicted octanol–water partition coefficient (Wildman–Crippen LogP) is 8.06. The van der Waals surface area contributed by atoms with Crippen molar-refractivity contribution in [3.05, 3.63) is 77.6 Å². The monoisotopic (exact) mass is 764 g/mol. The largest absolute Gasteiger partial charge is 0.488 e.